The standard InChI is InChI=1S/C10H19NO9S/c1-2-3-21(19,20)11-10(18)9(17)8(16)7(15)6(14)5(13)4-12/h2,5-9,12-17H,1,3-4H2,(H,11,18)/t5-,6-,7+,8-,9?/m1/s1. The Morgan fingerprint density at radius 3 is 2.05 bits per heavy atom. The van der Waals surface area contributed by atoms with E-state index in [1.807, 2.05) is 0 Å². The lowest BCUT2D eigenvalue weighted by Crippen LogP contribution is -2.54. The first-order chi connectivity index (χ1) is 9.57. The fourth-order valence-electron chi connectivity index (χ4n) is 1.29. The van der Waals surface area contributed by atoms with E-state index in [1.54, 1.807) is 0 Å². The van der Waals surface area contributed by atoms with Gasteiger partial charge in [-0.1, -0.05) is 6.08 Å². The molecule has 0 aromatic rings. The maximum atomic E-state index is 11.4. The van der Waals surface area contributed by atoms with Crippen LogP contribution in [0.3, 0.4) is 0 Å². The minimum atomic E-state index is -4.10. The van der Waals surface area contributed by atoms with E-state index >= 15 is 0 Å². The van der Waals surface area contributed by atoms with E-state index in [4.69, 9.17) is 10.2 Å². The van der Waals surface area contributed by atoms with Crippen LogP contribution in [0.1, 0.15) is 0 Å². The van der Waals surface area contributed by atoms with E-state index in [-0.39, 0.29) is 0 Å². The normalized spacial score (nSPS) is 19.1. The molecule has 0 aliphatic carbocycles. The average Bonchev–Trinajstić information content (AvgIpc) is 2.42. The van der Waals surface area contributed by atoms with Gasteiger partial charge in [-0.2, -0.15) is 0 Å². The third-order valence-electron chi connectivity index (χ3n) is 2.47. The predicted octanol–water partition coefficient (Wildman–Crippen LogP) is -4.58. The number of amides is 1. The van der Waals surface area contributed by atoms with E-state index < -0.39 is 58.8 Å². The molecule has 0 fully saturated rings. The van der Waals surface area contributed by atoms with Crippen LogP contribution in [0.5, 0.6) is 0 Å². The largest absolute Gasteiger partial charge is 0.394 e. The summed E-state index contributed by atoms with van der Waals surface area (Å²) in [4.78, 5) is 11.4. The second-order valence-corrected chi connectivity index (χ2v) is 5.97. The van der Waals surface area contributed by atoms with Gasteiger partial charge >= 0.3 is 0 Å². The quantitative estimate of drug-likeness (QED) is 0.204. The lowest BCUT2D eigenvalue weighted by Gasteiger charge is -2.27. The Hall–Kier alpha value is -1.08. The SMILES string of the molecule is C=CCS(=O)(=O)NC(=O)C(O)[C@H](O)[C@@H](O)[C@H](O)[C@H](O)CO. The van der Waals surface area contributed by atoms with Crippen molar-refractivity contribution in [3.8, 4) is 0 Å². The molecule has 0 spiro atoms. The van der Waals surface area contributed by atoms with E-state index in [2.05, 4.69) is 6.58 Å². The summed E-state index contributed by atoms with van der Waals surface area (Å²) in [5.74, 6) is -2.15. The zero-order valence-corrected chi connectivity index (χ0v) is 11.7. The third-order valence-corrected chi connectivity index (χ3v) is 3.65. The highest BCUT2D eigenvalue weighted by Gasteiger charge is 2.37. The Labute approximate surface area is 121 Å². The number of aliphatic hydroxyl groups excluding tert-OH is 6. The van der Waals surface area contributed by atoms with Crippen LogP contribution in [-0.2, 0) is 14.8 Å². The van der Waals surface area contributed by atoms with Gasteiger partial charge in [-0.25, -0.2) is 8.42 Å². The molecule has 0 radical (unpaired) electrons. The summed E-state index contributed by atoms with van der Waals surface area (Å²) in [5.41, 5.74) is 0. The first-order valence-electron chi connectivity index (χ1n) is 5.73. The summed E-state index contributed by atoms with van der Waals surface area (Å²) in [5, 5.41) is 55.3. The maximum Gasteiger partial charge on any atom is 0.265 e. The molecule has 0 rings (SSSR count). The van der Waals surface area contributed by atoms with Crippen molar-refractivity contribution in [2.45, 2.75) is 30.5 Å². The van der Waals surface area contributed by atoms with E-state index in [0.29, 0.717) is 0 Å². The number of sulfonamides is 1. The van der Waals surface area contributed by atoms with E-state index in [9.17, 15) is 33.6 Å². The molecule has 0 aromatic carbocycles. The molecule has 0 saturated heterocycles. The van der Waals surface area contributed by atoms with Gasteiger partial charge in [-0.3, -0.25) is 9.52 Å². The highest BCUT2D eigenvalue weighted by molar-refractivity contribution is 7.90. The first kappa shape index (κ1) is 19.9. The molecular formula is C10H19NO9S. The smallest absolute Gasteiger partial charge is 0.265 e. The van der Waals surface area contributed by atoms with Crippen LogP contribution in [0.25, 0.3) is 0 Å². The number of hydrogen-bond donors (Lipinski definition) is 7. The van der Waals surface area contributed by atoms with Gasteiger partial charge in [0.25, 0.3) is 5.91 Å². The van der Waals surface area contributed by atoms with Gasteiger partial charge in [0.2, 0.25) is 10.0 Å². The van der Waals surface area contributed by atoms with Crippen LogP contribution in [-0.4, -0.2) is 87.8 Å². The molecule has 11 heteroatoms. The monoisotopic (exact) mass is 329 g/mol. The van der Waals surface area contributed by atoms with Gasteiger partial charge in [0.1, 0.15) is 24.4 Å². The molecule has 0 aromatic heterocycles. The van der Waals surface area contributed by atoms with Crippen molar-refractivity contribution in [1.29, 1.82) is 0 Å². The summed E-state index contributed by atoms with van der Waals surface area (Å²) in [6.45, 7) is 2.20. The first-order valence-corrected chi connectivity index (χ1v) is 7.39. The van der Waals surface area contributed by atoms with Gasteiger partial charge in [-0.05, 0) is 0 Å². The number of carbonyl (C=O) groups is 1. The molecular weight excluding hydrogens is 310 g/mol. The van der Waals surface area contributed by atoms with Crippen LogP contribution >= 0.6 is 0 Å². The van der Waals surface area contributed by atoms with Crippen molar-refractivity contribution >= 4 is 15.9 Å². The summed E-state index contributed by atoms with van der Waals surface area (Å²) in [6.07, 6.45) is -9.78. The van der Waals surface area contributed by atoms with Crippen molar-refractivity contribution in [3.05, 3.63) is 12.7 Å². The minimum absolute atomic E-state index is 0.615. The predicted molar refractivity (Wildman–Crippen MR) is 69.2 cm³/mol. The van der Waals surface area contributed by atoms with Gasteiger partial charge in [-0.15, -0.1) is 6.58 Å². The lowest BCUT2D eigenvalue weighted by molar-refractivity contribution is -0.155. The van der Waals surface area contributed by atoms with Crippen molar-refractivity contribution in [2.75, 3.05) is 12.4 Å². The van der Waals surface area contributed by atoms with Crippen LogP contribution in [0, 0.1) is 0 Å². The van der Waals surface area contributed by atoms with Gasteiger partial charge in [0.15, 0.2) is 6.10 Å². The average molecular weight is 329 g/mol. The van der Waals surface area contributed by atoms with Crippen molar-refractivity contribution in [2.24, 2.45) is 0 Å². The van der Waals surface area contributed by atoms with E-state index in [0.717, 1.165) is 6.08 Å². The molecule has 0 aliphatic heterocycles. The second-order valence-electron chi connectivity index (χ2n) is 4.20. The Morgan fingerprint density at radius 1 is 1.10 bits per heavy atom. The molecule has 21 heavy (non-hydrogen) atoms. The molecule has 124 valence electrons. The van der Waals surface area contributed by atoms with Crippen LogP contribution in [0.4, 0.5) is 0 Å². The zero-order chi connectivity index (χ0) is 16.8. The molecule has 7 N–H and O–H groups in total. The highest BCUT2D eigenvalue weighted by atomic mass is 32.2. The Balaban J connectivity index is 4.80. The van der Waals surface area contributed by atoms with Crippen LogP contribution < -0.4 is 4.72 Å². The second kappa shape index (κ2) is 8.38. The summed E-state index contributed by atoms with van der Waals surface area (Å²) >= 11 is 0. The summed E-state index contributed by atoms with van der Waals surface area (Å²) in [7, 11) is -4.10. The molecule has 0 bridgehead atoms. The molecule has 1 unspecified atom stereocenters. The lowest BCUT2D eigenvalue weighted by atomic mass is 9.99. The Morgan fingerprint density at radius 2 is 1.62 bits per heavy atom. The molecule has 10 nitrogen and oxygen atoms in total. The van der Waals surface area contributed by atoms with Crippen LogP contribution in [0.2, 0.25) is 0 Å². The molecule has 1 amide bonds. The number of carbonyl (C=O) groups excluding carboxylic acids is 1. The Kier molecular flexibility index (Phi) is 7.95. The van der Waals surface area contributed by atoms with E-state index in [1.165, 1.54) is 4.72 Å². The topological polar surface area (TPSA) is 185 Å². The number of nitrogens with one attached hydrogen (secondary N) is 1. The molecule has 0 aliphatic rings. The zero-order valence-electron chi connectivity index (χ0n) is 10.9. The fraction of sp³-hybridized carbons (Fsp3) is 0.700. The molecule has 5 atom stereocenters. The van der Waals surface area contributed by atoms with Crippen molar-refractivity contribution < 1.29 is 43.9 Å². The third kappa shape index (κ3) is 6.05. The van der Waals surface area contributed by atoms with Gasteiger partial charge < -0.3 is 30.6 Å². The molecule has 0 saturated carbocycles. The summed E-state index contributed by atoms with van der Waals surface area (Å²) < 4.78 is 23.9. The number of rotatable bonds is 9. The van der Waals surface area contributed by atoms with Crippen molar-refractivity contribution in [1.82, 2.24) is 4.72 Å². The number of aliphatic hydroxyl groups is 6. The van der Waals surface area contributed by atoms with Crippen molar-refractivity contribution in [3.63, 3.8) is 0 Å². The van der Waals surface area contributed by atoms with Gasteiger partial charge in [0.05, 0.1) is 12.4 Å². The Bertz CT molecular complexity index is 451. The number of hydrogen-bond acceptors (Lipinski definition) is 9. The fourth-order valence-corrected chi connectivity index (χ4v) is 2.11. The maximum absolute atomic E-state index is 11.4. The van der Waals surface area contributed by atoms with Crippen LogP contribution in [0.15, 0.2) is 12.7 Å². The highest BCUT2D eigenvalue weighted by Crippen LogP contribution is 2.09. The minimum Gasteiger partial charge on any atom is -0.394 e. The van der Waals surface area contributed by atoms with Gasteiger partial charge in [0, 0.05) is 0 Å². The molecule has 0 heterocycles. The summed E-state index contributed by atoms with van der Waals surface area (Å²) in [6, 6.07) is 0.